The van der Waals surface area contributed by atoms with E-state index in [9.17, 15) is 9.59 Å². The number of nitrogens with zero attached hydrogens (tertiary/aromatic N) is 2. The first kappa shape index (κ1) is 18.1. The van der Waals surface area contributed by atoms with Gasteiger partial charge in [-0.25, -0.2) is 0 Å². The van der Waals surface area contributed by atoms with E-state index in [0.29, 0.717) is 23.7 Å². The smallest absolute Gasteiger partial charge is 0.253 e. The Labute approximate surface area is 164 Å². The van der Waals surface area contributed by atoms with E-state index in [2.05, 4.69) is 12.1 Å². The number of halogens is 1. The third kappa shape index (κ3) is 3.72. The van der Waals surface area contributed by atoms with Crippen LogP contribution in [0.25, 0.3) is 0 Å². The molecule has 27 heavy (non-hydrogen) atoms. The Morgan fingerprint density at radius 3 is 2.19 bits per heavy atom. The molecular weight excluding hydrogens is 360 g/mol. The SMILES string of the molecule is O=C(c1ccc(Cl)cc1)N1C[C@@H](C(=O)N2CCCC2)[C@H](c2ccccc2)C1. The lowest BCUT2D eigenvalue weighted by molar-refractivity contribution is -0.134. The van der Waals surface area contributed by atoms with Crippen molar-refractivity contribution in [3.8, 4) is 0 Å². The van der Waals surface area contributed by atoms with Crippen LogP contribution < -0.4 is 0 Å². The molecule has 0 saturated carbocycles. The van der Waals surface area contributed by atoms with E-state index in [0.717, 1.165) is 31.5 Å². The molecule has 0 radical (unpaired) electrons. The fraction of sp³-hybridized carbons (Fsp3) is 0.364. The minimum absolute atomic E-state index is 0.0375. The van der Waals surface area contributed by atoms with E-state index in [4.69, 9.17) is 11.6 Å². The second-order valence-electron chi connectivity index (χ2n) is 7.37. The van der Waals surface area contributed by atoms with Gasteiger partial charge >= 0.3 is 0 Å². The monoisotopic (exact) mass is 382 g/mol. The van der Waals surface area contributed by atoms with Crippen molar-refractivity contribution in [2.24, 2.45) is 5.92 Å². The molecule has 0 unspecified atom stereocenters. The zero-order valence-corrected chi connectivity index (χ0v) is 15.9. The van der Waals surface area contributed by atoms with Crippen molar-refractivity contribution in [2.75, 3.05) is 26.2 Å². The molecule has 2 saturated heterocycles. The van der Waals surface area contributed by atoms with Gasteiger partial charge in [-0.15, -0.1) is 0 Å². The van der Waals surface area contributed by atoms with Crippen molar-refractivity contribution in [2.45, 2.75) is 18.8 Å². The number of hydrogen-bond donors (Lipinski definition) is 0. The topological polar surface area (TPSA) is 40.6 Å². The Morgan fingerprint density at radius 2 is 1.52 bits per heavy atom. The van der Waals surface area contributed by atoms with Gasteiger partial charge in [0.15, 0.2) is 0 Å². The molecule has 0 N–H and O–H groups in total. The van der Waals surface area contributed by atoms with Crippen LogP contribution in [0.2, 0.25) is 5.02 Å². The third-order valence-corrected chi connectivity index (χ3v) is 5.91. The van der Waals surface area contributed by atoms with Gasteiger partial charge < -0.3 is 9.80 Å². The highest BCUT2D eigenvalue weighted by atomic mass is 35.5. The minimum Gasteiger partial charge on any atom is -0.342 e. The van der Waals surface area contributed by atoms with Crippen molar-refractivity contribution in [1.82, 2.24) is 9.80 Å². The van der Waals surface area contributed by atoms with Crippen LogP contribution in [-0.4, -0.2) is 47.8 Å². The summed E-state index contributed by atoms with van der Waals surface area (Å²) in [5, 5.41) is 0.609. The van der Waals surface area contributed by atoms with Gasteiger partial charge in [0.1, 0.15) is 0 Å². The van der Waals surface area contributed by atoms with Crippen LogP contribution in [-0.2, 0) is 4.79 Å². The molecule has 2 atom stereocenters. The molecule has 2 amide bonds. The predicted molar refractivity (Wildman–Crippen MR) is 106 cm³/mol. The molecule has 4 nitrogen and oxygen atoms in total. The third-order valence-electron chi connectivity index (χ3n) is 5.66. The number of amides is 2. The van der Waals surface area contributed by atoms with Crippen LogP contribution in [0.1, 0.15) is 34.7 Å². The molecule has 0 aromatic heterocycles. The average molecular weight is 383 g/mol. The lowest BCUT2D eigenvalue weighted by Crippen LogP contribution is -2.37. The Morgan fingerprint density at radius 1 is 0.852 bits per heavy atom. The number of benzene rings is 2. The van der Waals surface area contributed by atoms with Crippen LogP contribution in [0.3, 0.4) is 0 Å². The van der Waals surface area contributed by atoms with Crippen molar-refractivity contribution in [3.05, 3.63) is 70.7 Å². The average Bonchev–Trinajstić information content (AvgIpc) is 3.38. The first-order valence-corrected chi connectivity index (χ1v) is 9.90. The normalized spacial score (nSPS) is 22.3. The van der Waals surface area contributed by atoms with E-state index in [1.165, 1.54) is 0 Å². The lowest BCUT2D eigenvalue weighted by atomic mass is 9.88. The number of likely N-dealkylation sites (tertiary alicyclic amines) is 2. The molecule has 4 rings (SSSR count). The fourth-order valence-corrected chi connectivity index (χ4v) is 4.33. The zero-order valence-electron chi connectivity index (χ0n) is 15.2. The molecule has 2 aliphatic heterocycles. The van der Waals surface area contributed by atoms with E-state index < -0.39 is 0 Å². The lowest BCUT2D eigenvalue weighted by Gasteiger charge is -2.23. The van der Waals surface area contributed by atoms with Crippen LogP contribution >= 0.6 is 11.6 Å². The van der Waals surface area contributed by atoms with Crippen LogP contribution in [0.5, 0.6) is 0 Å². The van der Waals surface area contributed by atoms with Crippen LogP contribution in [0.15, 0.2) is 54.6 Å². The summed E-state index contributed by atoms with van der Waals surface area (Å²) in [7, 11) is 0. The first-order chi connectivity index (χ1) is 13.1. The fourth-order valence-electron chi connectivity index (χ4n) is 4.20. The standard InChI is InChI=1S/C22H23ClN2O2/c23-18-10-8-17(9-11-18)21(26)25-14-19(16-6-2-1-3-7-16)20(15-25)22(27)24-12-4-5-13-24/h1-3,6-11,19-20H,4-5,12-15H2/t19-,20+/m0/s1. The molecule has 0 aliphatic carbocycles. The van der Waals surface area contributed by atoms with E-state index in [-0.39, 0.29) is 23.7 Å². The Bertz CT molecular complexity index is 816. The van der Waals surface area contributed by atoms with Crippen molar-refractivity contribution in [3.63, 3.8) is 0 Å². The summed E-state index contributed by atoms with van der Waals surface area (Å²) < 4.78 is 0. The summed E-state index contributed by atoms with van der Waals surface area (Å²) in [6.07, 6.45) is 2.14. The number of carbonyl (C=O) groups excluding carboxylic acids is 2. The van der Waals surface area contributed by atoms with Gasteiger partial charge in [0.25, 0.3) is 5.91 Å². The summed E-state index contributed by atoms with van der Waals surface area (Å²) in [6.45, 7) is 2.70. The maximum atomic E-state index is 13.2. The summed E-state index contributed by atoms with van der Waals surface area (Å²) in [6, 6.07) is 17.0. The van der Waals surface area contributed by atoms with Crippen LogP contribution in [0, 0.1) is 5.92 Å². The quantitative estimate of drug-likeness (QED) is 0.809. The van der Waals surface area contributed by atoms with E-state index in [1.54, 1.807) is 24.3 Å². The van der Waals surface area contributed by atoms with Crippen molar-refractivity contribution in [1.29, 1.82) is 0 Å². The van der Waals surface area contributed by atoms with E-state index in [1.807, 2.05) is 28.0 Å². The van der Waals surface area contributed by atoms with Gasteiger partial charge in [-0.1, -0.05) is 41.9 Å². The minimum atomic E-state index is -0.179. The maximum Gasteiger partial charge on any atom is 0.253 e. The highest BCUT2D eigenvalue weighted by Crippen LogP contribution is 2.35. The molecule has 0 bridgehead atoms. The molecule has 2 aromatic rings. The molecule has 2 fully saturated rings. The summed E-state index contributed by atoms with van der Waals surface area (Å²) in [5.74, 6) is 0.00868. The molecular formula is C22H23ClN2O2. The van der Waals surface area contributed by atoms with Gasteiger partial charge in [-0.2, -0.15) is 0 Å². The Balaban J connectivity index is 1.59. The van der Waals surface area contributed by atoms with Crippen molar-refractivity contribution >= 4 is 23.4 Å². The van der Waals surface area contributed by atoms with Gasteiger partial charge in [0, 0.05) is 42.7 Å². The first-order valence-electron chi connectivity index (χ1n) is 9.52. The summed E-state index contributed by atoms with van der Waals surface area (Å²) in [5.41, 5.74) is 1.74. The Kier molecular flexibility index (Phi) is 5.17. The zero-order chi connectivity index (χ0) is 18.8. The van der Waals surface area contributed by atoms with Crippen LogP contribution in [0.4, 0.5) is 0 Å². The van der Waals surface area contributed by atoms with Gasteiger partial charge in [-0.3, -0.25) is 9.59 Å². The highest BCUT2D eigenvalue weighted by molar-refractivity contribution is 6.30. The molecule has 2 heterocycles. The number of rotatable bonds is 3. The van der Waals surface area contributed by atoms with Gasteiger partial charge in [0.05, 0.1) is 5.92 Å². The molecule has 2 aliphatic rings. The highest BCUT2D eigenvalue weighted by Gasteiger charge is 2.42. The second-order valence-corrected chi connectivity index (χ2v) is 7.81. The summed E-state index contributed by atoms with van der Waals surface area (Å²) >= 11 is 5.94. The Hall–Kier alpha value is -2.33. The molecule has 140 valence electrons. The number of carbonyl (C=O) groups is 2. The molecule has 2 aromatic carbocycles. The van der Waals surface area contributed by atoms with Gasteiger partial charge in [-0.05, 0) is 42.7 Å². The van der Waals surface area contributed by atoms with E-state index >= 15 is 0 Å². The molecule has 5 heteroatoms. The second kappa shape index (κ2) is 7.73. The largest absolute Gasteiger partial charge is 0.342 e. The maximum absolute atomic E-state index is 13.2. The summed E-state index contributed by atoms with van der Waals surface area (Å²) in [4.78, 5) is 29.9. The predicted octanol–water partition coefficient (Wildman–Crippen LogP) is 3.82. The molecule has 0 spiro atoms. The van der Waals surface area contributed by atoms with Crippen molar-refractivity contribution < 1.29 is 9.59 Å². The number of hydrogen-bond acceptors (Lipinski definition) is 2. The van der Waals surface area contributed by atoms with Gasteiger partial charge in [0.2, 0.25) is 5.91 Å².